The van der Waals surface area contributed by atoms with E-state index in [1.807, 2.05) is 0 Å². The van der Waals surface area contributed by atoms with Gasteiger partial charge >= 0.3 is 5.97 Å². The number of carbonyl (C=O) groups is 1. The van der Waals surface area contributed by atoms with E-state index in [-0.39, 0.29) is 23.3 Å². The Kier molecular flexibility index (Phi) is 5.18. The van der Waals surface area contributed by atoms with Crippen LogP contribution >= 0.6 is 0 Å². The van der Waals surface area contributed by atoms with Crippen LogP contribution in [0.4, 0.5) is 0 Å². The third-order valence-electron chi connectivity index (χ3n) is 11.7. The molecule has 9 unspecified atom stereocenters. The first-order chi connectivity index (χ1) is 15.7. The molecule has 33 heavy (non-hydrogen) atoms. The molecule has 1 spiro atoms. The lowest BCUT2D eigenvalue weighted by Gasteiger charge is -2.59. The van der Waals surface area contributed by atoms with E-state index in [1.165, 1.54) is 32.1 Å². The van der Waals surface area contributed by atoms with Gasteiger partial charge in [0.25, 0.3) is 0 Å². The number of ether oxygens (including phenoxy) is 3. The number of esters is 1. The Balaban J connectivity index is 1.25. The zero-order chi connectivity index (χ0) is 23.2. The molecule has 5 fully saturated rings. The second kappa shape index (κ2) is 7.56. The van der Waals surface area contributed by atoms with Crippen LogP contribution < -0.4 is 0 Å². The second-order valence-electron chi connectivity index (χ2n) is 13.3. The Labute approximate surface area is 200 Å². The molecule has 4 aliphatic carbocycles. The van der Waals surface area contributed by atoms with Crippen molar-refractivity contribution in [3.05, 3.63) is 12.2 Å². The van der Waals surface area contributed by atoms with E-state index in [9.17, 15) is 4.79 Å². The van der Waals surface area contributed by atoms with Crippen molar-refractivity contribution >= 4 is 5.97 Å². The maximum Gasteiger partial charge on any atom is 0.302 e. The van der Waals surface area contributed by atoms with Crippen molar-refractivity contribution in [2.45, 2.75) is 104 Å². The predicted octanol–water partition coefficient (Wildman–Crippen LogP) is 6.14. The molecule has 0 aromatic rings. The molecule has 4 nitrogen and oxygen atoms in total. The quantitative estimate of drug-likeness (QED) is 0.351. The average molecular weight is 457 g/mol. The summed E-state index contributed by atoms with van der Waals surface area (Å²) < 4.78 is 19.0. The van der Waals surface area contributed by atoms with Crippen molar-refractivity contribution in [2.75, 3.05) is 6.61 Å². The van der Waals surface area contributed by atoms with Crippen molar-refractivity contribution in [3.8, 4) is 0 Å². The lowest BCUT2D eigenvalue weighted by molar-refractivity contribution is -0.272. The normalized spacial score (nSPS) is 57.2. The lowest BCUT2D eigenvalue weighted by Crippen LogP contribution is -2.53. The van der Waals surface area contributed by atoms with Crippen molar-refractivity contribution in [2.24, 2.45) is 52.3 Å². The summed E-state index contributed by atoms with van der Waals surface area (Å²) in [7, 11) is 0. The highest BCUT2D eigenvalue weighted by Crippen LogP contribution is 2.69. The summed E-state index contributed by atoms with van der Waals surface area (Å²) in [6.07, 6.45) is 15.1. The Hall–Kier alpha value is -0.870. The van der Waals surface area contributed by atoms with Gasteiger partial charge in [0.2, 0.25) is 0 Å². The molecule has 184 valence electrons. The lowest BCUT2D eigenvalue weighted by atomic mass is 9.46. The Morgan fingerprint density at radius 2 is 1.88 bits per heavy atom. The van der Waals surface area contributed by atoms with Crippen LogP contribution in [0.25, 0.3) is 0 Å². The fraction of sp³-hybridized carbons (Fsp3) is 0.897. The molecule has 0 aromatic carbocycles. The molecule has 2 saturated heterocycles. The van der Waals surface area contributed by atoms with E-state index in [1.54, 1.807) is 6.92 Å². The van der Waals surface area contributed by atoms with Gasteiger partial charge in [-0.05, 0) is 85.4 Å². The molecule has 0 aromatic heterocycles. The summed E-state index contributed by atoms with van der Waals surface area (Å²) in [4.78, 5) is 11.5. The third kappa shape index (κ3) is 3.18. The molecular formula is C29H44O4. The number of fused-ring (bicyclic) bond motifs is 7. The van der Waals surface area contributed by atoms with E-state index < -0.39 is 0 Å². The molecular weight excluding hydrogens is 412 g/mol. The van der Waals surface area contributed by atoms with Gasteiger partial charge in [-0.25, -0.2) is 0 Å². The van der Waals surface area contributed by atoms with Crippen molar-refractivity contribution in [1.29, 1.82) is 0 Å². The number of allylic oxidation sites excluding steroid dienone is 2. The summed E-state index contributed by atoms with van der Waals surface area (Å²) in [6.45, 7) is 12.2. The van der Waals surface area contributed by atoms with Gasteiger partial charge in [-0.3, -0.25) is 4.79 Å². The molecule has 3 saturated carbocycles. The van der Waals surface area contributed by atoms with E-state index >= 15 is 0 Å². The van der Waals surface area contributed by atoms with E-state index in [0.717, 1.165) is 31.8 Å². The maximum absolute atomic E-state index is 11.5. The fourth-order valence-corrected chi connectivity index (χ4v) is 9.92. The van der Waals surface area contributed by atoms with Gasteiger partial charge in [-0.15, -0.1) is 0 Å². The standard InChI is InChI=1S/C29H44O4/c1-17-8-13-29(31-16-17)18(2)26-25(33-29)15-24-22-7-6-20-14-21(32-19(3)30)9-11-27(20,4)23(22)10-12-28(24,26)5/h10,12,17-18,20-26H,6-9,11,13-16H2,1-5H3/t17?,18-,20-,21?,22?,23?,24?,25?,26?,27?,28?,29+/m0/s1. The van der Waals surface area contributed by atoms with Crippen LogP contribution in [0.3, 0.4) is 0 Å². The zero-order valence-electron chi connectivity index (χ0n) is 21.3. The van der Waals surface area contributed by atoms with Crippen LogP contribution in [0.2, 0.25) is 0 Å². The van der Waals surface area contributed by atoms with E-state index in [2.05, 4.69) is 39.8 Å². The molecule has 0 amide bonds. The first-order valence-corrected chi connectivity index (χ1v) is 13.8. The van der Waals surface area contributed by atoms with Crippen molar-refractivity contribution < 1.29 is 19.0 Å². The predicted molar refractivity (Wildman–Crippen MR) is 127 cm³/mol. The monoisotopic (exact) mass is 456 g/mol. The summed E-state index contributed by atoms with van der Waals surface area (Å²) in [5.74, 6) is 4.02. The molecule has 6 rings (SSSR count). The third-order valence-corrected chi connectivity index (χ3v) is 11.7. The van der Waals surface area contributed by atoms with Crippen LogP contribution in [0.1, 0.15) is 86.0 Å². The number of hydrogen-bond donors (Lipinski definition) is 0. The summed E-state index contributed by atoms with van der Waals surface area (Å²) in [5.41, 5.74) is 0.560. The van der Waals surface area contributed by atoms with Gasteiger partial charge in [-0.2, -0.15) is 0 Å². The van der Waals surface area contributed by atoms with Crippen LogP contribution in [0.15, 0.2) is 12.2 Å². The minimum atomic E-state index is -0.334. The van der Waals surface area contributed by atoms with Gasteiger partial charge in [-0.1, -0.05) is 39.8 Å². The topological polar surface area (TPSA) is 44.8 Å². The van der Waals surface area contributed by atoms with E-state index in [4.69, 9.17) is 14.2 Å². The van der Waals surface area contributed by atoms with Crippen LogP contribution in [0.5, 0.6) is 0 Å². The summed E-state index contributed by atoms with van der Waals surface area (Å²) >= 11 is 0. The molecule has 0 N–H and O–H groups in total. The van der Waals surface area contributed by atoms with Crippen molar-refractivity contribution in [3.63, 3.8) is 0 Å². The first kappa shape index (κ1) is 22.6. The zero-order valence-corrected chi connectivity index (χ0v) is 21.3. The first-order valence-electron chi connectivity index (χ1n) is 13.8. The minimum Gasteiger partial charge on any atom is -0.463 e. The molecule has 6 aliphatic rings. The molecule has 2 aliphatic heterocycles. The summed E-state index contributed by atoms with van der Waals surface area (Å²) in [5, 5.41) is 0. The Morgan fingerprint density at radius 3 is 2.61 bits per heavy atom. The summed E-state index contributed by atoms with van der Waals surface area (Å²) in [6, 6.07) is 0. The Bertz CT molecular complexity index is 827. The average Bonchev–Trinajstić information content (AvgIpc) is 3.21. The van der Waals surface area contributed by atoms with Crippen LogP contribution in [0, 0.1) is 52.3 Å². The van der Waals surface area contributed by atoms with Crippen LogP contribution in [-0.4, -0.2) is 30.6 Å². The number of hydrogen-bond acceptors (Lipinski definition) is 4. The molecule has 12 atom stereocenters. The van der Waals surface area contributed by atoms with E-state index in [0.29, 0.717) is 47.0 Å². The van der Waals surface area contributed by atoms with Gasteiger partial charge in [0.05, 0.1) is 12.7 Å². The molecule has 4 heteroatoms. The molecule has 0 bridgehead atoms. The molecule has 2 heterocycles. The minimum absolute atomic E-state index is 0.119. The SMILES string of the molecule is CC(=O)OC1CCC2(C)C3C=CC4(C)C(CC5O[C@]6(CCC(C)CO6)[C@@H](C)C54)C3CC[C@H]2C1. The largest absolute Gasteiger partial charge is 0.463 e. The highest BCUT2D eigenvalue weighted by Gasteiger charge is 2.68. The highest BCUT2D eigenvalue weighted by molar-refractivity contribution is 5.66. The Morgan fingerprint density at radius 1 is 1.06 bits per heavy atom. The molecule has 0 radical (unpaired) electrons. The smallest absolute Gasteiger partial charge is 0.302 e. The number of rotatable bonds is 1. The van der Waals surface area contributed by atoms with Gasteiger partial charge < -0.3 is 14.2 Å². The van der Waals surface area contributed by atoms with Crippen molar-refractivity contribution in [1.82, 2.24) is 0 Å². The second-order valence-corrected chi connectivity index (χ2v) is 13.3. The maximum atomic E-state index is 11.5. The van der Waals surface area contributed by atoms with Crippen LogP contribution in [-0.2, 0) is 19.0 Å². The number of carbonyl (C=O) groups excluding carboxylic acids is 1. The van der Waals surface area contributed by atoms with Gasteiger partial charge in [0, 0.05) is 25.2 Å². The fourth-order valence-electron chi connectivity index (χ4n) is 9.92. The van der Waals surface area contributed by atoms with Gasteiger partial charge in [0.15, 0.2) is 5.79 Å². The van der Waals surface area contributed by atoms with Gasteiger partial charge in [0.1, 0.15) is 6.10 Å². The highest BCUT2D eigenvalue weighted by atomic mass is 16.7.